The summed E-state index contributed by atoms with van der Waals surface area (Å²) < 4.78 is 5.42. The van der Waals surface area contributed by atoms with Crippen molar-refractivity contribution < 1.29 is 9.53 Å². The van der Waals surface area contributed by atoms with Crippen molar-refractivity contribution in [3.8, 4) is 0 Å². The van der Waals surface area contributed by atoms with Gasteiger partial charge in [0, 0.05) is 49.4 Å². The van der Waals surface area contributed by atoms with Crippen LogP contribution in [0.5, 0.6) is 0 Å². The molecule has 0 unspecified atom stereocenters. The molecule has 0 saturated carbocycles. The zero-order valence-electron chi connectivity index (χ0n) is 15.1. The van der Waals surface area contributed by atoms with E-state index in [1.165, 1.54) is 9.88 Å². The van der Waals surface area contributed by atoms with Crippen molar-refractivity contribution in [1.82, 2.24) is 14.9 Å². The summed E-state index contributed by atoms with van der Waals surface area (Å²) >= 11 is 1.78. The molecule has 2 fully saturated rings. The summed E-state index contributed by atoms with van der Waals surface area (Å²) in [6, 6.07) is 3.75. The molecule has 0 atom stereocenters. The van der Waals surface area contributed by atoms with Crippen molar-refractivity contribution in [3.05, 3.63) is 40.0 Å². The molecule has 26 heavy (non-hydrogen) atoms. The van der Waals surface area contributed by atoms with Gasteiger partial charge in [0.25, 0.3) is 5.91 Å². The predicted molar refractivity (Wildman–Crippen MR) is 102 cm³/mol. The van der Waals surface area contributed by atoms with Crippen molar-refractivity contribution in [2.75, 3.05) is 44.3 Å². The van der Waals surface area contributed by atoms with E-state index in [4.69, 9.17) is 4.74 Å². The van der Waals surface area contributed by atoms with E-state index in [9.17, 15) is 4.79 Å². The topological polar surface area (TPSA) is 58.6 Å². The molecule has 6 nitrogen and oxygen atoms in total. The van der Waals surface area contributed by atoms with Crippen LogP contribution in [0.4, 0.5) is 5.82 Å². The van der Waals surface area contributed by atoms with Gasteiger partial charge in [-0.05, 0) is 31.9 Å². The standard InChI is InChI=1S/C19H24N4O2S/c1-14-13-21-18(26-14)15-4-7-23(8-5-15)19(24)16-3-2-6-20-17(16)22-9-11-25-12-10-22/h2-3,6,13,15H,4-5,7-12H2,1H3. The first-order valence-electron chi connectivity index (χ1n) is 9.21. The highest BCUT2D eigenvalue weighted by molar-refractivity contribution is 7.11. The second kappa shape index (κ2) is 7.72. The SMILES string of the molecule is Cc1cnc(C2CCN(C(=O)c3cccnc3N3CCOCC3)CC2)s1. The number of pyridine rings is 1. The number of nitrogens with zero attached hydrogens (tertiary/aromatic N) is 4. The molecule has 0 spiro atoms. The molecule has 0 N–H and O–H groups in total. The van der Waals surface area contributed by atoms with Crippen molar-refractivity contribution >= 4 is 23.1 Å². The van der Waals surface area contributed by atoms with Crippen molar-refractivity contribution in [1.29, 1.82) is 0 Å². The lowest BCUT2D eigenvalue weighted by Gasteiger charge is -2.33. The lowest BCUT2D eigenvalue weighted by molar-refractivity contribution is 0.0712. The number of carbonyl (C=O) groups is 1. The van der Waals surface area contributed by atoms with Gasteiger partial charge in [-0.2, -0.15) is 0 Å². The minimum Gasteiger partial charge on any atom is -0.378 e. The van der Waals surface area contributed by atoms with Crippen molar-refractivity contribution in [2.45, 2.75) is 25.7 Å². The van der Waals surface area contributed by atoms with Crippen LogP contribution in [-0.4, -0.2) is 60.2 Å². The Kier molecular flexibility index (Phi) is 5.17. The Bertz CT molecular complexity index is 764. The average Bonchev–Trinajstić information content (AvgIpc) is 3.14. The molecule has 0 aliphatic carbocycles. The molecule has 2 aromatic rings. The van der Waals surface area contributed by atoms with Crippen LogP contribution in [0.1, 0.15) is 39.0 Å². The number of morpholine rings is 1. The smallest absolute Gasteiger partial charge is 0.257 e. The second-order valence-corrected chi connectivity index (χ2v) is 8.12. The highest BCUT2D eigenvalue weighted by atomic mass is 32.1. The third-order valence-electron chi connectivity index (χ3n) is 5.10. The van der Waals surface area contributed by atoms with Crippen molar-refractivity contribution in [3.63, 3.8) is 0 Å². The Balaban J connectivity index is 1.45. The van der Waals surface area contributed by atoms with E-state index < -0.39 is 0 Å². The fraction of sp³-hybridized carbons (Fsp3) is 0.526. The molecular formula is C19H24N4O2S. The van der Waals surface area contributed by atoms with Crippen LogP contribution in [0.3, 0.4) is 0 Å². The maximum Gasteiger partial charge on any atom is 0.257 e. The summed E-state index contributed by atoms with van der Waals surface area (Å²) in [5.74, 6) is 1.36. The molecule has 2 aliphatic rings. The van der Waals surface area contributed by atoms with E-state index in [1.54, 1.807) is 17.5 Å². The van der Waals surface area contributed by atoms with Gasteiger partial charge in [0.1, 0.15) is 5.82 Å². The van der Waals surface area contributed by atoms with Crippen LogP contribution >= 0.6 is 11.3 Å². The van der Waals surface area contributed by atoms with E-state index in [-0.39, 0.29) is 5.91 Å². The zero-order valence-corrected chi connectivity index (χ0v) is 15.9. The Morgan fingerprint density at radius 1 is 1.19 bits per heavy atom. The molecule has 2 aliphatic heterocycles. The maximum atomic E-state index is 13.1. The van der Waals surface area contributed by atoms with E-state index in [1.807, 2.05) is 23.2 Å². The lowest BCUT2D eigenvalue weighted by atomic mass is 9.97. The monoisotopic (exact) mass is 372 g/mol. The first-order chi connectivity index (χ1) is 12.7. The number of hydrogen-bond acceptors (Lipinski definition) is 6. The van der Waals surface area contributed by atoms with Gasteiger partial charge in [-0.3, -0.25) is 4.79 Å². The van der Waals surface area contributed by atoms with E-state index in [2.05, 4.69) is 21.8 Å². The number of hydrogen-bond donors (Lipinski definition) is 0. The molecule has 138 valence electrons. The molecule has 2 saturated heterocycles. The highest BCUT2D eigenvalue weighted by Gasteiger charge is 2.28. The number of aryl methyl sites for hydroxylation is 1. The lowest BCUT2D eigenvalue weighted by Crippen LogP contribution is -2.41. The zero-order chi connectivity index (χ0) is 17.9. The van der Waals surface area contributed by atoms with E-state index in [0.29, 0.717) is 24.7 Å². The summed E-state index contributed by atoms with van der Waals surface area (Å²) in [5.41, 5.74) is 0.706. The minimum absolute atomic E-state index is 0.0911. The Labute approximate surface area is 157 Å². The Morgan fingerprint density at radius 2 is 1.96 bits per heavy atom. The van der Waals surface area contributed by atoms with Gasteiger partial charge in [0.15, 0.2) is 0 Å². The number of rotatable bonds is 3. The van der Waals surface area contributed by atoms with Crippen molar-refractivity contribution in [2.24, 2.45) is 0 Å². The van der Waals surface area contributed by atoms with Gasteiger partial charge in [0.2, 0.25) is 0 Å². The van der Waals surface area contributed by atoms with Crippen LogP contribution < -0.4 is 4.90 Å². The quantitative estimate of drug-likeness (QED) is 0.829. The van der Waals surface area contributed by atoms with Crippen LogP contribution in [-0.2, 0) is 4.74 Å². The van der Waals surface area contributed by atoms with Gasteiger partial charge >= 0.3 is 0 Å². The second-order valence-electron chi connectivity index (χ2n) is 6.85. The van der Waals surface area contributed by atoms with Gasteiger partial charge < -0.3 is 14.5 Å². The Hall–Kier alpha value is -1.99. The summed E-state index contributed by atoms with van der Waals surface area (Å²) in [4.78, 5) is 27.5. The van der Waals surface area contributed by atoms with Gasteiger partial charge in [-0.1, -0.05) is 0 Å². The van der Waals surface area contributed by atoms with Crippen LogP contribution in [0.15, 0.2) is 24.5 Å². The number of amides is 1. The number of anilines is 1. The van der Waals surface area contributed by atoms with E-state index >= 15 is 0 Å². The number of piperidine rings is 1. The molecule has 1 amide bonds. The molecule has 0 aromatic carbocycles. The van der Waals surface area contributed by atoms with Crippen LogP contribution in [0, 0.1) is 6.92 Å². The summed E-state index contributed by atoms with van der Waals surface area (Å²) in [7, 11) is 0. The van der Waals surface area contributed by atoms with Crippen LogP contribution in [0.2, 0.25) is 0 Å². The largest absolute Gasteiger partial charge is 0.378 e. The summed E-state index contributed by atoms with van der Waals surface area (Å²) in [6.07, 6.45) is 5.66. The third kappa shape index (κ3) is 3.59. The molecule has 0 bridgehead atoms. The van der Waals surface area contributed by atoms with Gasteiger partial charge in [-0.15, -0.1) is 11.3 Å². The molecular weight excluding hydrogens is 348 g/mol. The number of ether oxygens (including phenoxy) is 1. The Morgan fingerprint density at radius 3 is 2.65 bits per heavy atom. The fourth-order valence-corrected chi connectivity index (χ4v) is 4.59. The minimum atomic E-state index is 0.0911. The number of likely N-dealkylation sites (tertiary alicyclic amines) is 1. The molecule has 2 aromatic heterocycles. The molecule has 7 heteroatoms. The number of carbonyl (C=O) groups excluding carboxylic acids is 1. The van der Waals surface area contributed by atoms with Gasteiger partial charge in [0.05, 0.1) is 23.8 Å². The van der Waals surface area contributed by atoms with Crippen LogP contribution in [0.25, 0.3) is 0 Å². The van der Waals surface area contributed by atoms with Gasteiger partial charge in [-0.25, -0.2) is 9.97 Å². The fourth-order valence-electron chi connectivity index (χ4n) is 3.65. The number of aromatic nitrogens is 2. The first-order valence-corrected chi connectivity index (χ1v) is 10.0. The predicted octanol–water partition coefficient (Wildman–Crippen LogP) is 2.70. The first kappa shape index (κ1) is 17.4. The summed E-state index contributed by atoms with van der Waals surface area (Å²) in [6.45, 7) is 6.58. The molecule has 4 rings (SSSR count). The number of thiazole rings is 1. The third-order valence-corrected chi connectivity index (χ3v) is 6.17. The van der Waals surface area contributed by atoms with E-state index in [0.717, 1.165) is 44.8 Å². The summed E-state index contributed by atoms with van der Waals surface area (Å²) in [5, 5.41) is 1.21. The maximum absolute atomic E-state index is 13.1. The molecule has 0 radical (unpaired) electrons. The molecule has 4 heterocycles. The average molecular weight is 372 g/mol. The highest BCUT2D eigenvalue weighted by Crippen LogP contribution is 2.32. The normalized spacial score (nSPS) is 19.0.